The second-order valence-electron chi connectivity index (χ2n) is 12.2. The van der Waals surface area contributed by atoms with Gasteiger partial charge in [0, 0.05) is 30.7 Å². The van der Waals surface area contributed by atoms with Crippen LogP contribution in [0.3, 0.4) is 0 Å². The molecule has 0 unspecified atom stereocenters. The van der Waals surface area contributed by atoms with Crippen molar-refractivity contribution in [2.24, 2.45) is 0 Å². The Bertz CT molecular complexity index is 1790. The topological polar surface area (TPSA) is 125 Å². The van der Waals surface area contributed by atoms with Crippen molar-refractivity contribution in [3.8, 4) is 17.6 Å². The monoisotopic (exact) mass is 693 g/mol. The maximum absolute atomic E-state index is 15.1. The van der Waals surface area contributed by atoms with Crippen LogP contribution < -0.4 is 20.3 Å². The number of likely N-dealkylation sites (tertiary alicyclic amines) is 1. The SMILES string of the molecule is CNC(=O)c1cc(OC)c(N(CC#Cc2cc3c(N[C@H]4CCN(C(=O)O)C[C@H]4F)cccc3n2CC(F)(F)F)C(=O)OC(C)(C)C)cc1F. The van der Waals surface area contributed by atoms with Crippen molar-refractivity contribution in [3.63, 3.8) is 0 Å². The number of benzene rings is 2. The maximum atomic E-state index is 15.1. The molecular weight excluding hydrogens is 657 g/mol. The fourth-order valence-corrected chi connectivity index (χ4v) is 5.30. The molecule has 264 valence electrons. The van der Waals surface area contributed by atoms with Gasteiger partial charge in [-0.2, -0.15) is 13.2 Å². The molecule has 2 heterocycles. The third kappa shape index (κ3) is 8.84. The minimum absolute atomic E-state index is 0.0742. The Labute approximate surface area is 278 Å². The number of nitrogens with one attached hydrogen (secondary N) is 2. The lowest BCUT2D eigenvalue weighted by Crippen LogP contribution is -2.49. The molecule has 3 N–H and O–H groups in total. The van der Waals surface area contributed by atoms with E-state index in [1.54, 1.807) is 26.8 Å². The lowest BCUT2D eigenvalue weighted by atomic mass is 10.0. The van der Waals surface area contributed by atoms with Crippen LogP contribution in [0.25, 0.3) is 10.9 Å². The smallest absolute Gasteiger partial charge is 0.415 e. The van der Waals surface area contributed by atoms with Crippen LogP contribution in [-0.4, -0.2) is 90.4 Å². The van der Waals surface area contributed by atoms with Gasteiger partial charge in [0.2, 0.25) is 0 Å². The Hall–Kier alpha value is -5.20. The average molecular weight is 694 g/mol. The fraction of sp³-hybridized carbons (Fsp3) is 0.424. The molecule has 4 rings (SSSR count). The molecule has 3 amide bonds. The van der Waals surface area contributed by atoms with Crippen molar-refractivity contribution in [2.45, 2.75) is 57.7 Å². The molecule has 1 saturated heterocycles. The van der Waals surface area contributed by atoms with Gasteiger partial charge < -0.3 is 34.7 Å². The zero-order valence-corrected chi connectivity index (χ0v) is 27.4. The number of aromatic nitrogens is 1. The number of methoxy groups -OCH3 is 1. The highest BCUT2D eigenvalue weighted by molar-refractivity contribution is 5.97. The highest BCUT2D eigenvalue weighted by Crippen LogP contribution is 2.34. The van der Waals surface area contributed by atoms with E-state index >= 15 is 4.39 Å². The van der Waals surface area contributed by atoms with Crippen LogP contribution in [0.1, 0.15) is 43.2 Å². The van der Waals surface area contributed by atoms with Gasteiger partial charge in [-0.05, 0) is 57.4 Å². The Morgan fingerprint density at radius 2 is 1.86 bits per heavy atom. The van der Waals surface area contributed by atoms with Crippen LogP contribution in [0.5, 0.6) is 5.75 Å². The summed E-state index contributed by atoms with van der Waals surface area (Å²) >= 11 is 0. The summed E-state index contributed by atoms with van der Waals surface area (Å²) in [6.45, 7) is 2.62. The van der Waals surface area contributed by atoms with Crippen LogP contribution in [0.2, 0.25) is 0 Å². The largest absolute Gasteiger partial charge is 0.495 e. The van der Waals surface area contributed by atoms with E-state index < -0.39 is 61.0 Å². The van der Waals surface area contributed by atoms with Crippen molar-refractivity contribution in [1.82, 2.24) is 14.8 Å². The van der Waals surface area contributed by atoms with E-state index in [0.717, 1.165) is 26.5 Å². The number of ether oxygens (including phenoxy) is 2. The zero-order chi connectivity index (χ0) is 36.3. The number of carbonyl (C=O) groups excluding carboxylic acids is 2. The van der Waals surface area contributed by atoms with Crippen molar-refractivity contribution >= 4 is 40.4 Å². The number of rotatable bonds is 7. The summed E-state index contributed by atoms with van der Waals surface area (Å²) in [6, 6.07) is 7.11. The molecule has 3 aromatic rings. The Morgan fingerprint density at radius 3 is 2.45 bits per heavy atom. The predicted octanol–water partition coefficient (Wildman–Crippen LogP) is 6.01. The molecule has 1 aromatic heterocycles. The van der Waals surface area contributed by atoms with E-state index in [1.807, 2.05) is 0 Å². The average Bonchev–Trinajstić information content (AvgIpc) is 3.35. The number of halogens is 5. The summed E-state index contributed by atoms with van der Waals surface area (Å²) in [5.41, 5.74) is -1.12. The van der Waals surface area contributed by atoms with Gasteiger partial charge in [-0.25, -0.2) is 18.4 Å². The summed E-state index contributed by atoms with van der Waals surface area (Å²) in [5, 5.41) is 14.8. The first-order valence-electron chi connectivity index (χ1n) is 15.1. The molecule has 11 nitrogen and oxygen atoms in total. The van der Waals surface area contributed by atoms with E-state index in [0.29, 0.717) is 11.1 Å². The minimum Gasteiger partial charge on any atom is -0.495 e. The molecule has 1 fully saturated rings. The molecule has 2 aromatic carbocycles. The lowest BCUT2D eigenvalue weighted by molar-refractivity contribution is -0.140. The van der Waals surface area contributed by atoms with Crippen molar-refractivity contribution < 1.29 is 50.9 Å². The number of hydrogen-bond donors (Lipinski definition) is 3. The van der Waals surface area contributed by atoms with Gasteiger partial charge >= 0.3 is 18.4 Å². The van der Waals surface area contributed by atoms with Gasteiger partial charge in [0.15, 0.2) is 0 Å². The standard InChI is InChI=1S/C33H36F5N5O6/c1-32(2,3)49-31(47)42(27-16-22(34)20(29(44)39-4)15-28(27)48-5)12-7-8-19-14-21-24(9-6-10-26(21)43(19)18-33(36,37)38)40-25-11-13-41(30(45)46)17-23(25)35/h6,9-10,14-16,23,25,40H,11-13,17-18H2,1-5H3,(H,39,44)(H,45,46)/t23-,25+/m1/s1. The highest BCUT2D eigenvalue weighted by atomic mass is 19.4. The molecule has 0 spiro atoms. The molecule has 0 radical (unpaired) electrons. The molecule has 1 aliphatic heterocycles. The van der Waals surface area contributed by atoms with Crippen molar-refractivity contribution in [3.05, 3.63) is 53.5 Å². The third-order valence-corrected chi connectivity index (χ3v) is 7.53. The van der Waals surface area contributed by atoms with Gasteiger partial charge in [0.1, 0.15) is 29.9 Å². The van der Waals surface area contributed by atoms with E-state index in [4.69, 9.17) is 9.47 Å². The number of piperidine rings is 1. The summed E-state index contributed by atoms with van der Waals surface area (Å²) in [7, 11) is 2.55. The molecule has 0 saturated carbocycles. The van der Waals surface area contributed by atoms with Crippen molar-refractivity contribution in [2.75, 3.05) is 44.0 Å². The molecule has 0 aliphatic carbocycles. The Morgan fingerprint density at radius 1 is 1.14 bits per heavy atom. The first kappa shape index (κ1) is 36.6. The number of nitrogens with zero attached hydrogens (tertiary/aromatic N) is 3. The van der Waals surface area contributed by atoms with Gasteiger partial charge in [-0.1, -0.05) is 12.0 Å². The second-order valence-corrected chi connectivity index (χ2v) is 12.2. The minimum atomic E-state index is -4.65. The summed E-state index contributed by atoms with van der Waals surface area (Å²) in [6.07, 6.45) is -8.30. The van der Waals surface area contributed by atoms with Gasteiger partial charge in [0.05, 0.1) is 48.7 Å². The van der Waals surface area contributed by atoms with E-state index in [-0.39, 0.29) is 47.7 Å². The quantitative estimate of drug-likeness (QED) is 0.205. The van der Waals surface area contributed by atoms with E-state index in [2.05, 4.69) is 22.5 Å². The fourth-order valence-electron chi connectivity index (χ4n) is 5.30. The summed E-state index contributed by atoms with van der Waals surface area (Å²) < 4.78 is 83.1. The summed E-state index contributed by atoms with van der Waals surface area (Å²) in [4.78, 5) is 38.6. The number of anilines is 2. The number of alkyl halides is 4. The predicted molar refractivity (Wildman–Crippen MR) is 171 cm³/mol. The van der Waals surface area contributed by atoms with Crippen LogP contribution in [0, 0.1) is 17.7 Å². The van der Waals surface area contributed by atoms with E-state index in [1.165, 1.54) is 32.4 Å². The van der Waals surface area contributed by atoms with E-state index in [9.17, 15) is 37.1 Å². The summed E-state index contributed by atoms with van der Waals surface area (Å²) in [5.74, 6) is 3.57. The van der Waals surface area contributed by atoms with Gasteiger partial charge in [-0.3, -0.25) is 9.69 Å². The first-order valence-corrected chi connectivity index (χ1v) is 15.1. The van der Waals surface area contributed by atoms with Crippen LogP contribution in [0.4, 0.5) is 42.9 Å². The number of carbonyl (C=O) groups is 3. The normalized spacial score (nSPS) is 16.4. The molecule has 1 aliphatic rings. The second kappa shape index (κ2) is 14.5. The number of hydrogen-bond acceptors (Lipinski definition) is 6. The molecular formula is C33H36F5N5O6. The number of amides is 3. The lowest BCUT2D eigenvalue weighted by Gasteiger charge is -2.34. The molecule has 16 heteroatoms. The van der Waals surface area contributed by atoms with Crippen molar-refractivity contribution in [1.29, 1.82) is 0 Å². The highest BCUT2D eigenvalue weighted by Gasteiger charge is 2.33. The number of carboxylic acid groups (broad SMARTS) is 1. The Balaban J connectivity index is 1.75. The third-order valence-electron chi connectivity index (χ3n) is 7.53. The maximum Gasteiger partial charge on any atom is 0.415 e. The molecule has 49 heavy (non-hydrogen) atoms. The van der Waals surface area contributed by atoms with Crippen LogP contribution >= 0.6 is 0 Å². The van der Waals surface area contributed by atoms with Crippen LogP contribution in [0.15, 0.2) is 36.4 Å². The van der Waals surface area contributed by atoms with Gasteiger partial charge in [0.25, 0.3) is 5.91 Å². The zero-order valence-electron chi connectivity index (χ0n) is 27.4. The molecule has 2 atom stereocenters. The number of fused-ring (bicyclic) bond motifs is 1. The van der Waals surface area contributed by atoms with Crippen LogP contribution in [-0.2, 0) is 11.3 Å². The molecule has 0 bridgehead atoms. The first-order chi connectivity index (χ1) is 22.9. The van der Waals surface area contributed by atoms with Gasteiger partial charge in [-0.15, -0.1) is 0 Å². The Kier molecular flexibility index (Phi) is 10.8.